The van der Waals surface area contributed by atoms with Crippen LogP contribution >= 0.6 is 0 Å². The van der Waals surface area contributed by atoms with Crippen LogP contribution in [0.3, 0.4) is 0 Å². The first-order valence-electron chi connectivity index (χ1n) is 5.52. The van der Waals surface area contributed by atoms with Crippen molar-refractivity contribution >= 4 is 5.97 Å². The third kappa shape index (κ3) is 3.35. The zero-order chi connectivity index (χ0) is 12.8. The van der Waals surface area contributed by atoms with E-state index in [1.165, 1.54) is 0 Å². The van der Waals surface area contributed by atoms with Crippen LogP contribution in [0.15, 0.2) is 41.1 Å². The largest absolute Gasteiger partial charge is 0.488 e. The van der Waals surface area contributed by atoms with Crippen molar-refractivity contribution in [2.45, 2.75) is 6.92 Å². The van der Waals surface area contributed by atoms with Crippen molar-refractivity contribution in [1.29, 1.82) is 0 Å². The molecule has 5 nitrogen and oxygen atoms in total. The van der Waals surface area contributed by atoms with Gasteiger partial charge in [0.1, 0.15) is 24.7 Å². The quantitative estimate of drug-likeness (QED) is 0.598. The van der Waals surface area contributed by atoms with Gasteiger partial charge in [-0.3, -0.25) is 4.98 Å². The van der Waals surface area contributed by atoms with Gasteiger partial charge >= 0.3 is 5.97 Å². The smallest absolute Gasteiger partial charge is 0.374 e. The zero-order valence-corrected chi connectivity index (χ0v) is 9.96. The number of aryl methyl sites for hydroxylation is 1. The van der Waals surface area contributed by atoms with Crippen LogP contribution in [0.1, 0.15) is 16.3 Å². The zero-order valence-electron chi connectivity index (χ0n) is 9.96. The summed E-state index contributed by atoms with van der Waals surface area (Å²) in [7, 11) is 0. The minimum absolute atomic E-state index is 0.160. The Bertz CT molecular complexity index is 507. The van der Waals surface area contributed by atoms with Crippen LogP contribution in [-0.2, 0) is 4.74 Å². The highest BCUT2D eigenvalue weighted by atomic mass is 16.6. The molecule has 0 spiro atoms. The summed E-state index contributed by atoms with van der Waals surface area (Å²) >= 11 is 0. The van der Waals surface area contributed by atoms with Crippen LogP contribution < -0.4 is 4.74 Å². The number of esters is 1. The van der Waals surface area contributed by atoms with Crippen molar-refractivity contribution in [2.75, 3.05) is 13.2 Å². The number of ether oxygens (including phenoxy) is 2. The molecule has 0 aromatic carbocycles. The van der Waals surface area contributed by atoms with E-state index >= 15 is 0 Å². The summed E-state index contributed by atoms with van der Waals surface area (Å²) in [5.41, 5.74) is 0. The van der Waals surface area contributed by atoms with Gasteiger partial charge in [-0.25, -0.2) is 4.79 Å². The van der Waals surface area contributed by atoms with Gasteiger partial charge in [-0.1, -0.05) is 0 Å². The first kappa shape index (κ1) is 12.2. The molecule has 0 radical (unpaired) electrons. The minimum Gasteiger partial charge on any atom is -0.488 e. The Balaban J connectivity index is 1.71. The Morgan fingerprint density at radius 1 is 1.33 bits per heavy atom. The maximum atomic E-state index is 11.5. The average Bonchev–Trinajstić information content (AvgIpc) is 2.82. The van der Waals surface area contributed by atoms with Crippen molar-refractivity contribution in [2.24, 2.45) is 0 Å². The Kier molecular flexibility index (Phi) is 3.96. The van der Waals surface area contributed by atoms with Crippen LogP contribution in [0.25, 0.3) is 0 Å². The van der Waals surface area contributed by atoms with E-state index in [-0.39, 0.29) is 19.0 Å². The van der Waals surface area contributed by atoms with Crippen LogP contribution in [-0.4, -0.2) is 24.2 Å². The lowest BCUT2D eigenvalue weighted by molar-refractivity contribution is 0.0413. The van der Waals surface area contributed by atoms with E-state index in [1.807, 2.05) is 0 Å². The Morgan fingerprint density at radius 3 is 2.89 bits per heavy atom. The fourth-order valence-electron chi connectivity index (χ4n) is 1.34. The van der Waals surface area contributed by atoms with E-state index in [1.54, 1.807) is 43.6 Å². The lowest BCUT2D eigenvalue weighted by Gasteiger charge is -2.05. The van der Waals surface area contributed by atoms with Crippen molar-refractivity contribution in [3.8, 4) is 5.75 Å². The molecular formula is C13H13NO4. The monoisotopic (exact) mass is 247 g/mol. The van der Waals surface area contributed by atoms with Crippen molar-refractivity contribution in [3.63, 3.8) is 0 Å². The van der Waals surface area contributed by atoms with Crippen molar-refractivity contribution in [1.82, 2.24) is 4.98 Å². The number of nitrogens with zero attached hydrogens (tertiary/aromatic N) is 1. The molecule has 2 aromatic heterocycles. The van der Waals surface area contributed by atoms with Crippen LogP contribution in [0.4, 0.5) is 0 Å². The van der Waals surface area contributed by atoms with E-state index in [9.17, 15) is 4.79 Å². The molecule has 0 unspecified atom stereocenters. The molecule has 0 N–H and O–H groups in total. The number of carbonyl (C=O) groups excluding carboxylic acids is 1. The second-order valence-corrected chi connectivity index (χ2v) is 3.58. The molecule has 18 heavy (non-hydrogen) atoms. The van der Waals surface area contributed by atoms with Crippen LogP contribution in [0.2, 0.25) is 0 Å². The summed E-state index contributed by atoms with van der Waals surface area (Å²) in [6.45, 7) is 2.20. The second kappa shape index (κ2) is 5.86. The molecule has 0 fully saturated rings. The van der Waals surface area contributed by atoms with Gasteiger partial charge in [-0.15, -0.1) is 0 Å². The standard InChI is InChI=1S/C13H13NO4/c1-10-4-5-12(18-10)13(15)17-8-7-16-11-3-2-6-14-9-11/h2-6,9H,7-8H2,1H3. The van der Waals surface area contributed by atoms with Crippen molar-refractivity contribution < 1.29 is 18.7 Å². The first-order chi connectivity index (χ1) is 8.75. The predicted molar refractivity (Wildman–Crippen MR) is 63.5 cm³/mol. The number of carbonyl (C=O) groups is 1. The molecule has 2 rings (SSSR count). The summed E-state index contributed by atoms with van der Waals surface area (Å²) in [5.74, 6) is 1.03. The average molecular weight is 247 g/mol. The third-order valence-corrected chi connectivity index (χ3v) is 2.16. The molecule has 0 saturated carbocycles. The van der Waals surface area contributed by atoms with Crippen LogP contribution in [0.5, 0.6) is 5.75 Å². The molecular weight excluding hydrogens is 234 g/mol. The summed E-state index contributed by atoms with van der Waals surface area (Å²) < 4.78 is 15.4. The molecule has 2 heterocycles. The molecule has 0 amide bonds. The molecule has 0 saturated heterocycles. The van der Waals surface area contributed by atoms with Gasteiger partial charge in [0.25, 0.3) is 0 Å². The highest BCUT2D eigenvalue weighted by Crippen LogP contribution is 2.08. The molecule has 0 aliphatic carbocycles. The molecule has 0 aliphatic rings. The lowest BCUT2D eigenvalue weighted by Crippen LogP contribution is -2.11. The molecule has 94 valence electrons. The summed E-state index contributed by atoms with van der Waals surface area (Å²) in [4.78, 5) is 15.4. The molecule has 2 aromatic rings. The van der Waals surface area contributed by atoms with Gasteiger partial charge in [0.05, 0.1) is 6.20 Å². The number of furan rings is 1. The normalized spacial score (nSPS) is 10.1. The van der Waals surface area contributed by atoms with Gasteiger partial charge in [-0.05, 0) is 31.2 Å². The number of aromatic nitrogens is 1. The fourth-order valence-corrected chi connectivity index (χ4v) is 1.34. The van der Waals surface area contributed by atoms with Gasteiger partial charge in [0, 0.05) is 6.20 Å². The number of rotatable bonds is 5. The molecule has 0 atom stereocenters. The highest BCUT2D eigenvalue weighted by molar-refractivity contribution is 5.86. The molecule has 5 heteroatoms. The Morgan fingerprint density at radius 2 is 2.22 bits per heavy atom. The van der Waals surface area contributed by atoms with Crippen LogP contribution in [0, 0.1) is 6.92 Å². The maximum absolute atomic E-state index is 11.5. The first-order valence-corrected chi connectivity index (χ1v) is 5.52. The maximum Gasteiger partial charge on any atom is 0.374 e. The van der Waals surface area contributed by atoms with E-state index < -0.39 is 5.97 Å². The van der Waals surface area contributed by atoms with Gasteiger partial charge in [-0.2, -0.15) is 0 Å². The topological polar surface area (TPSA) is 61.6 Å². The number of hydrogen-bond donors (Lipinski definition) is 0. The van der Waals surface area contributed by atoms with Gasteiger partial charge in [0.15, 0.2) is 0 Å². The third-order valence-electron chi connectivity index (χ3n) is 2.16. The SMILES string of the molecule is Cc1ccc(C(=O)OCCOc2cccnc2)o1. The summed E-state index contributed by atoms with van der Waals surface area (Å²) in [6.07, 6.45) is 3.25. The van der Waals surface area contributed by atoms with E-state index in [2.05, 4.69) is 4.98 Å². The Labute approximate surface area is 104 Å². The minimum atomic E-state index is -0.488. The summed E-state index contributed by atoms with van der Waals surface area (Å²) in [6, 6.07) is 6.85. The number of pyridine rings is 1. The Hall–Kier alpha value is -2.30. The fraction of sp³-hybridized carbons (Fsp3) is 0.231. The highest BCUT2D eigenvalue weighted by Gasteiger charge is 2.10. The van der Waals surface area contributed by atoms with Crippen molar-refractivity contribution in [3.05, 3.63) is 48.2 Å². The van der Waals surface area contributed by atoms with E-state index in [4.69, 9.17) is 13.9 Å². The predicted octanol–water partition coefficient (Wildman–Crippen LogP) is 2.22. The molecule has 0 aliphatic heterocycles. The van der Waals surface area contributed by atoms with E-state index in [0.29, 0.717) is 11.5 Å². The summed E-state index contributed by atoms with van der Waals surface area (Å²) in [5, 5.41) is 0. The second-order valence-electron chi connectivity index (χ2n) is 3.58. The van der Waals surface area contributed by atoms with E-state index in [0.717, 1.165) is 0 Å². The molecule has 0 bridgehead atoms. The van der Waals surface area contributed by atoms with Gasteiger partial charge in [0.2, 0.25) is 5.76 Å². The van der Waals surface area contributed by atoms with Gasteiger partial charge < -0.3 is 13.9 Å². The number of hydrogen-bond acceptors (Lipinski definition) is 5. The lowest BCUT2D eigenvalue weighted by atomic mass is 10.4.